The minimum Gasteiger partial charge on any atom is -0.315 e. The summed E-state index contributed by atoms with van der Waals surface area (Å²) < 4.78 is 0. The first-order valence-electron chi connectivity index (χ1n) is 2.33. The van der Waals surface area contributed by atoms with Gasteiger partial charge < -0.3 is 10.9 Å². The van der Waals surface area contributed by atoms with E-state index >= 15 is 0 Å². The summed E-state index contributed by atoms with van der Waals surface area (Å²) in [6.45, 7) is 3.85. The predicted molar refractivity (Wildman–Crippen MR) is 27.7 cm³/mol. The van der Waals surface area contributed by atoms with Crippen LogP contribution in [-0.2, 0) is 0 Å². The summed E-state index contributed by atoms with van der Waals surface area (Å²) in [4.78, 5) is 0. The van der Waals surface area contributed by atoms with Gasteiger partial charge in [0.1, 0.15) is 0 Å². The minimum atomic E-state index is -0.292. The normalized spacial score (nSPS) is 15.0. The van der Waals surface area contributed by atoms with E-state index < -0.39 is 0 Å². The van der Waals surface area contributed by atoms with Crippen LogP contribution < -0.4 is 11.2 Å². The second-order valence-corrected chi connectivity index (χ2v) is 1.90. The monoisotopic (exact) mass is 104 g/mol. The number of hydrogen-bond donors (Lipinski definition) is 3. The highest BCUT2D eigenvalue weighted by Gasteiger charge is 2.02. The van der Waals surface area contributed by atoms with Gasteiger partial charge in [0.05, 0.1) is 6.17 Å². The predicted octanol–water partition coefficient (Wildman–Crippen LogP) is -0.0940. The average Bonchev–Trinajstić information content (AvgIpc) is 1.65. The minimum absolute atomic E-state index is 0.282. The second kappa shape index (κ2) is 2.96. The van der Waals surface area contributed by atoms with E-state index in [1.54, 1.807) is 0 Å². The van der Waals surface area contributed by atoms with Gasteiger partial charge in [0, 0.05) is 0 Å². The van der Waals surface area contributed by atoms with Crippen molar-refractivity contribution in [2.45, 2.75) is 20.0 Å². The smallest absolute Gasteiger partial charge is 0.0808 e. The lowest BCUT2D eigenvalue weighted by molar-refractivity contribution is 0.107. The topological polar surface area (TPSA) is 58.3 Å². The molecule has 3 heteroatoms. The summed E-state index contributed by atoms with van der Waals surface area (Å²) in [6.07, 6.45) is -0.292. The Morgan fingerprint density at radius 3 is 2.00 bits per heavy atom. The molecule has 7 heavy (non-hydrogen) atoms. The molecule has 0 aromatic carbocycles. The zero-order valence-electron chi connectivity index (χ0n) is 4.68. The van der Waals surface area contributed by atoms with Crippen LogP contribution >= 0.6 is 0 Å². The van der Waals surface area contributed by atoms with Crippen molar-refractivity contribution in [2.24, 2.45) is 11.7 Å². The van der Waals surface area contributed by atoms with Gasteiger partial charge in [-0.05, 0) is 5.92 Å². The third kappa shape index (κ3) is 2.56. The lowest BCUT2D eigenvalue weighted by Crippen LogP contribution is -2.39. The first kappa shape index (κ1) is 6.88. The summed E-state index contributed by atoms with van der Waals surface area (Å²) >= 11 is 0. The third-order valence-electron chi connectivity index (χ3n) is 0.867. The van der Waals surface area contributed by atoms with Crippen LogP contribution in [0.1, 0.15) is 13.8 Å². The van der Waals surface area contributed by atoms with E-state index in [4.69, 9.17) is 10.9 Å². The van der Waals surface area contributed by atoms with Crippen molar-refractivity contribution >= 4 is 0 Å². The molecular formula is C4H12N2O. The molecule has 44 valence electrons. The fraction of sp³-hybridized carbons (Fsp3) is 1.00. The molecule has 4 N–H and O–H groups in total. The molecule has 0 bridgehead atoms. The molecule has 0 amide bonds. The average molecular weight is 104 g/mol. The van der Waals surface area contributed by atoms with Crippen molar-refractivity contribution in [1.29, 1.82) is 0 Å². The fourth-order valence-electron chi connectivity index (χ4n) is 0.149. The van der Waals surface area contributed by atoms with E-state index in [1.807, 2.05) is 19.3 Å². The number of nitrogens with two attached hydrogens (primary N) is 1. The van der Waals surface area contributed by atoms with Crippen molar-refractivity contribution in [2.75, 3.05) is 0 Å². The van der Waals surface area contributed by atoms with Gasteiger partial charge in [0.2, 0.25) is 0 Å². The summed E-state index contributed by atoms with van der Waals surface area (Å²) in [7, 11) is 0. The molecule has 0 radical (unpaired) electrons. The molecule has 0 aliphatic carbocycles. The Morgan fingerprint density at radius 1 is 1.57 bits per heavy atom. The molecule has 0 aliphatic heterocycles. The van der Waals surface area contributed by atoms with Crippen LogP contribution in [0.5, 0.6) is 0 Å². The molecule has 0 aromatic heterocycles. The second-order valence-electron chi connectivity index (χ2n) is 1.90. The quantitative estimate of drug-likeness (QED) is 0.339. The van der Waals surface area contributed by atoms with Crippen LogP contribution in [0.2, 0.25) is 0 Å². The zero-order valence-corrected chi connectivity index (χ0v) is 4.68. The summed E-state index contributed by atoms with van der Waals surface area (Å²) in [5, 5.41) is 8.13. The van der Waals surface area contributed by atoms with Gasteiger partial charge in [-0.2, -0.15) is 5.48 Å². The molecule has 0 aromatic rings. The number of hydroxylamine groups is 1. The van der Waals surface area contributed by atoms with Gasteiger partial charge in [-0.25, -0.2) is 0 Å². The van der Waals surface area contributed by atoms with Crippen molar-refractivity contribution in [3.63, 3.8) is 0 Å². The molecule has 3 nitrogen and oxygen atoms in total. The van der Waals surface area contributed by atoms with Gasteiger partial charge in [0.15, 0.2) is 0 Å². The Morgan fingerprint density at radius 2 is 2.00 bits per heavy atom. The van der Waals surface area contributed by atoms with Gasteiger partial charge in [-0.15, -0.1) is 0 Å². The van der Waals surface area contributed by atoms with Crippen LogP contribution in [0.25, 0.3) is 0 Å². The molecule has 1 atom stereocenters. The lowest BCUT2D eigenvalue weighted by Gasteiger charge is -2.11. The molecule has 0 spiro atoms. The first-order chi connectivity index (χ1) is 3.18. The van der Waals surface area contributed by atoms with E-state index in [2.05, 4.69) is 0 Å². The van der Waals surface area contributed by atoms with Crippen LogP contribution in [0.15, 0.2) is 0 Å². The maximum atomic E-state index is 8.13. The van der Waals surface area contributed by atoms with Crippen molar-refractivity contribution in [3.05, 3.63) is 0 Å². The van der Waals surface area contributed by atoms with E-state index in [1.165, 1.54) is 0 Å². The van der Waals surface area contributed by atoms with E-state index in [9.17, 15) is 0 Å². The zero-order chi connectivity index (χ0) is 5.86. The highest BCUT2D eigenvalue weighted by molar-refractivity contribution is 4.54. The van der Waals surface area contributed by atoms with Crippen molar-refractivity contribution < 1.29 is 5.21 Å². The van der Waals surface area contributed by atoms with Crippen molar-refractivity contribution in [1.82, 2.24) is 5.48 Å². The van der Waals surface area contributed by atoms with E-state index in [0.29, 0.717) is 0 Å². The third-order valence-corrected chi connectivity index (χ3v) is 0.867. The number of rotatable bonds is 2. The maximum Gasteiger partial charge on any atom is 0.0808 e. The molecule has 0 saturated heterocycles. The number of nitrogens with one attached hydrogen (secondary N) is 1. The largest absolute Gasteiger partial charge is 0.315 e. The van der Waals surface area contributed by atoms with Gasteiger partial charge >= 0.3 is 0 Å². The summed E-state index contributed by atoms with van der Waals surface area (Å²) in [6, 6.07) is 0. The van der Waals surface area contributed by atoms with Gasteiger partial charge in [-0.1, -0.05) is 13.8 Å². The molecule has 1 unspecified atom stereocenters. The van der Waals surface area contributed by atoms with Crippen LogP contribution in [0, 0.1) is 5.92 Å². The Labute approximate surface area is 43.5 Å². The van der Waals surface area contributed by atoms with Gasteiger partial charge in [-0.3, -0.25) is 0 Å². The Hall–Kier alpha value is -0.120. The molecule has 0 heterocycles. The highest BCUT2D eigenvalue weighted by Crippen LogP contribution is 1.91. The summed E-state index contributed by atoms with van der Waals surface area (Å²) in [5.74, 6) is 0.282. The Bertz CT molecular complexity index is 47.0. The molecular weight excluding hydrogens is 92.1 g/mol. The number of hydrogen-bond acceptors (Lipinski definition) is 3. The summed E-state index contributed by atoms with van der Waals surface area (Å²) in [5.41, 5.74) is 7.20. The Kier molecular flexibility index (Phi) is 2.91. The molecule has 0 fully saturated rings. The van der Waals surface area contributed by atoms with Gasteiger partial charge in [0.25, 0.3) is 0 Å². The standard InChI is InChI=1S/C4H12N2O/c1-3(2)4(5)6-7/h3-4,6-7H,5H2,1-2H3. The van der Waals surface area contributed by atoms with Crippen LogP contribution in [0.3, 0.4) is 0 Å². The molecule has 0 saturated carbocycles. The molecule has 0 rings (SSSR count). The highest BCUT2D eigenvalue weighted by atomic mass is 16.5. The fourth-order valence-corrected chi connectivity index (χ4v) is 0.149. The lowest BCUT2D eigenvalue weighted by atomic mass is 10.2. The maximum absolute atomic E-state index is 8.13. The van der Waals surface area contributed by atoms with Crippen molar-refractivity contribution in [3.8, 4) is 0 Å². The molecule has 0 aliphatic rings. The van der Waals surface area contributed by atoms with E-state index in [0.717, 1.165) is 0 Å². The van der Waals surface area contributed by atoms with Crippen LogP contribution in [0.4, 0.5) is 0 Å². The SMILES string of the molecule is CC(C)C(N)NO. The first-order valence-corrected chi connectivity index (χ1v) is 2.33. The van der Waals surface area contributed by atoms with E-state index in [-0.39, 0.29) is 12.1 Å². The Balaban J connectivity index is 3.14. The van der Waals surface area contributed by atoms with Crippen LogP contribution in [-0.4, -0.2) is 11.4 Å².